The van der Waals surface area contributed by atoms with Crippen molar-refractivity contribution >= 4 is 0 Å². The molecule has 0 saturated carbocycles. The predicted molar refractivity (Wildman–Crippen MR) is 67.5 cm³/mol. The van der Waals surface area contributed by atoms with Crippen molar-refractivity contribution in [2.75, 3.05) is 6.61 Å². The molecule has 0 aromatic carbocycles. The van der Waals surface area contributed by atoms with Crippen LogP contribution < -0.4 is 0 Å². The number of hydrogen-bond acceptors (Lipinski definition) is 4. The van der Waals surface area contributed by atoms with Crippen LogP contribution in [0.15, 0.2) is 0 Å². The minimum Gasteiger partial charge on any atom is -0.393 e. The molecule has 0 aliphatic carbocycles. The van der Waals surface area contributed by atoms with Crippen molar-refractivity contribution < 1.29 is 20.4 Å². The van der Waals surface area contributed by atoms with Crippen molar-refractivity contribution in [1.82, 2.24) is 0 Å². The standard InChI is InChI=1S/C13H28O4/c1-2-3-4-6-9-13(17,11-14)10-7-5-8-12(15)16/h12,14-17H,2-11H2,1H3. The third kappa shape index (κ3) is 9.53. The maximum Gasteiger partial charge on any atom is 0.151 e. The number of aliphatic hydroxyl groups excluding tert-OH is 2. The second kappa shape index (κ2) is 9.83. The zero-order valence-electron chi connectivity index (χ0n) is 10.9. The molecule has 104 valence electrons. The van der Waals surface area contributed by atoms with Gasteiger partial charge in [-0.05, 0) is 25.7 Å². The predicted octanol–water partition coefficient (Wildman–Crippen LogP) is 1.55. The van der Waals surface area contributed by atoms with Gasteiger partial charge in [-0.1, -0.05) is 39.0 Å². The molecule has 0 rings (SSSR count). The molecule has 1 unspecified atom stereocenters. The molecule has 0 saturated heterocycles. The smallest absolute Gasteiger partial charge is 0.151 e. The topological polar surface area (TPSA) is 80.9 Å². The second-order valence-corrected chi connectivity index (χ2v) is 4.92. The molecule has 0 spiro atoms. The Morgan fingerprint density at radius 2 is 1.53 bits per heavy atom. The van der Waals surface area contributed by atoms with Crippen LogP contribution in [0.5, 0.6) is 0 Å². The lowest BCUT2D eigenvalue weighted by Crippen LogP contribution is -2.33. The Kier molecular flexibility index (Phi) is 9.74. The minimum absolute atomic E-state index is 0.208. The van der Waals surface area contributed by atoms with Crippen LogP contribution >= 0.6 is 0 Å². The van der Waals surface area contributed by atoms with Crippen LogP contribution in [-0.2, 0) is 0 Å². The summed E-state index contributed by atoms with van der Waals surface area (Å²) in [5, 5.41) is 36.7. The van der Waals surface area contributed by atoms with Gasteiger partial charge in [0.25, 0.3) is 0 Å². The van der Waals surface area contributed by atoms with E-state index in [4.69, 9.17) is 10.2 Å². The molecule has 4 heteroatoms. The van der Waals surface area contributed by atoms with E-state index < -0.39 is 11.9 Å². The zero-order valence-corrected chi connectivity index (χ0v) is 10.9. The summed E-state index contributed by atoms with van der Waals surface area (Å²) >= 11 is 0. The summed E-state index contributed by atoms with van der Waals surface area (Å²) in [6.07, 6.45) is 5.95. The highest BCUT2D eigenvalue weighted by Gasteiger charge is 2.24. The average molecular weight is 248 g/mol. The van der Waals surface area contributed by atoms with Crippen molar-refractivity contribution in [2.24, 2.45) is 0 Å². The van der Waals surface area contributed by atoms with Crippen molar-refractivity contribution in [1.29, 1.82) is 0 Å². The van der Waals surface area contributed by atoms with Gasteiger partial charge < -0.3 is 20.4 Å². The molecule has 0 aliphatic heterocycles. The fourth-order valence-electron chi connectivity index (χ4n) is 1.94. The normalized spacial score (nSPS) is 15.2. The van der Waals surface area contributed by atoms with Crippen LogP contribution in [0.2, 0.25) is 0 Å². The summed E-state index contributed by atoms with van der Waals surface area (Å²) in [7, 11) is 0. The van der Waals surface area contributed by atoms with Crippen molar-refractivity contribution in [3.8, 4) is 0 Å². The molecule has 0 bridgehead atoms. The molecule has 0 aliphatic rings. The lowest BCUT2D eigenvalue weighted by atomic mass is 9.91. The van der Waals surface area contributed by atoms with Gasteiger partial charge in [-0.2, -0.15) is 0 Å². The van der Waals surface area contributed by atoms with E-state index in [9.17, 15) is 10.2 Å². The fourth-order valence-corrected chi connectivity index (χ4v) is 1.94. The van der Waals surface area contributed by atoms with Gasteiger partial charge in [0, 0.05) is 0 Å². The molecule has 4 N–H and O–H groups in total. The Balaban J connectivity index is 3.69. The van der Waals surface area contributed by atoms with Crippen LogP contribution in [0.4, 0.5) is 0 Å². The Bertz CT molecular complexity index is 173. The van der Waals surface area contributed by atoms with Gasteiger partial charge in [0.2, 0.25) is 0 Å². The zero-order chi connectivity index (χ0) is 13.1. The monoisotopic (exact) mass is 248 g/mol. The Hall–Kier alpha value is -0.160. The molecule has 4 nitrogen and oxygen atoms in total. The van der Waals surface area contributed by atoms with E-state index in [-0.39, 0.29) is 6.61 Å². The van der Waals surface area contributed by atoms with E-state index in [1.165, 1.54) is 0 Å². The summed E-state index contributed by atoms with van der Waals surface area (Å²) in [4.78, 5) is 0. The minimum atomic E-state index is -1.26. The molecule has 1 atom stereocenters. The number of hydrogen-bond donors (Lipinski definition) is 4. The molecule has 17 heavy (non-hydrogen) atoms. The summed E-state index contributed by atoms with van der Waals surface area (Å²) in [6, 6.07) is 0. The van der Waals surface area contributed by atoms with Crippen LogP contribution in [0, 0.1) is 0 Å². The molecule has 0 heterocycles. The Morgan fingerprint density at radius 1 is 0.941 bits per heavy atom. The van der Waals surface area contributed by atoms with E-state index in [1.807, 2.05) is 0 Å². The van der Waals surface area contributed by atoms with Gasteiger partial charge in [0.05, 0.1) is 12.2 Å². The molecule has 0 aromatic heterocycles. The third-order valence-corrected chi connectivity index (χ3v) is 3.14. The average Bonchev–Trinajstić information content (AvgIpc) is 2.30. The van der Waals surface area contributed by atoms with E-state index in [0.29, 0.717) is 32.1 Å². The first-order valence-electron chi connectivity index (χ1n) is 6.73. The van der Waals surface area contributed by atoms with Gasteiger partial charge in [-0.25, -0.2) is 0 Å². The van der Waals surface area contributed by atoms with Gasteiger partial charge >= 0.3 is 0 Å². The second-order valence-electron chi connectivity index (χ2n) is 4.92. The van der Waals surface area contributed by atoms with Crippen molar-refractivity contribution in [3.05, 3.63) is 0 Å². The first-order chi connectivity index (χ1) is 8.04. The highest BCUT2D eigenvalue weighted by Crippen LogP contribution is 2.22. The van der Waals surface area contributed by atoms with E-state index in [1.54, 1.807) is 0 Å². The SMILES string of the molecule is CCCCCCC(O)(CO)CCCCC(O)O. The quantitative estimate of drug-likeness (QED) is 0.330. The third-order valence-electron chi connectivity index (χ3n) is 3.14. The largest absolute Gasteiger partial charge is 0.393 e. The maximum atomic E-state index is 10.1. The van der Waals surface area contributed by atoms with Crippen molar-refractivity contribution in [3.63, 3.8) is 0 Å². The van der Waals surface area contributed by atoms with Gasteiger partial charge in [0.15, 0.2) is 6.29 Å². The van der Waals surface area contributed by atoms with Gasteiger partial charge in [-0.15, -0.1) is 0 Å². The molecule has 0 fully saturated rings. The highest BCUT2D eigenvalue weighted by molar-refractivity contribution is 4.77. The maximum absolute atomic E-state index is 10.1. The first kappa shape index (κ1) is 16.8. The number of unbranched alkanes of at least 4 members (excludes halogenated alkanes) is 4. The van der Waals surface area contributed by atoms with E-state index >= 15 is 0 Å². The summed E-state index contributed by atoms with van der Waals surface area (Å²) in [5.74, 6) is 0. The Morgan fingerprint density at radius 3 is 2.00 bits per heavy atom. The summed E-state index contributed by atoms with van der Waals surface area (Å²) in [6.45, 7) is 1.93. The van der Waals surface area contributed by atoms with Crippen LogP contribution in [-0.4, -0.2) is 38.9 Å². The number of rotatable bonds is 11. The van der Waals surface area contributed by atoms with Gasteiger partial charge in [-0.3, -0.25) is 0 Å². The Labute approximate surface area is 104 Å². The molecule has 0 amide bonds. The van der Waals surface area contributed by atoms with Gasteiger partial charge in [0.1, 0.15) is 0 Å². The fraction of sp³-hybridized carbons (Fsp3) is 1.00. The van der Waals surface area contributed by atoms with Crippen LogP contribution in [0.1, 0.15) is 64.7 Å². The lowest BCUT2D eigenvalue weighted by molar-refractivity contribution is -0.0521. The molecule has 0 aromatic rings. The molecular weight excluding hydrogens is 220 g/mol. The summed E-state index contributed by atoms with van der Waals surface area (Å²) < 4.78 is 0. The van der Waals surface area contributed by atoms with Crippen LogP contribution in [0.25, 0.3) is 0 Å². The van der Waals surface area contributed by atoms with Crippen LogP contribution in [0.3, 0.4) is 0 Å². The number of aliphatic hydroxyl groups is 4. The van der Waals surface area contributed by atoms with Crippen molar-refractivity contribution in [2.45, 2.75) is 76.6 Å². The molecular formula is C13H28O4. The van der Waals surface area contributed by atoms with E-state index in [0.717, 1.165) is 25.7 Å². The first-order valence-corrected chi connectivity index (χ1v) is 6.73. The van der Waals surface area contributed by atoms with E-state index in [2.05, 4.69) is 6.92 Å². The summed E-state index contributed by atoms with van der Waals surface area (Å²) in [5.41, 5.74) is -0.978. The highest BCUT2D eigenvalue weighted by atomic mass is 16.5. The molecule has 0 radical (unpaired) electrons. The lowest BCUT2D eigenvalue weighted by Gasteiger charge is -2.26.